The Morgan fingerprint density at radius 2 is 2.14 bits per heavy atom. The molecule has 0 radical (unpaired) electrons. The van der Waals surface area contributed by atoms with Crippen molar-refractivity contribution in [2.75, 3.05) is 17.3 Å². The van der Waals surface area contributed by atoms with E-state index in [0.29, 0.717) is 6.04 Å². The molecule has 0 aliphatic carbocycles. The second kappa shape index (κ2) is 3.58. The zero-order valence-corrected chi connectivity index (χ0v) is 9.27. The van der Waals surface area contributed by atoms with E-state index in [4.69, 9.17) is 12.2 Å². The van der Waals surface area contributed by atoms with Crippen LogP contribution in [-0.2, 0) is 0 Å². The molecule has 74 valence electrons. The molecule has 0 saturated heterocycles. The first-order chi connectivity index (χ1) is 6.68. The summed E-state index contributed by atoms with van der Waals surface area (Å²) in [6.07, 6.45) is 0.917. The normalized spacial score (nSPS) is 21.1. The van der Waals surface area contributed by atoms with Gasteiger partial charge in [0, 0.05) is 19.5 Å². The number of fused-ring (bicyclic) bond motifs is 1. The van der Waals surface area contributed by atoms with Gasteiger partial charge in [0.25, 0.3) is 0 Å². The van der Waals surface area contributed by atoms with Crippen LogP contribution in [-0.4, -0.2) is 18.1 Å². The predicted molar refractivity (Wildman–Crippen MR) is 65.1 cm³/mol. The number of anilines is 2. The van der Waals surface area contributed by atoms with E-state index in [9.17, 15) is 0 Å². The van der Waals surface area contributed by atoms with Crippen LogP contribution in [0.15, 0.2) is 24.3 Å². The molecule has 0 amide bonds. The fourth-order valence-corrected chi connectivity index (χ4v) is 2.08. The second-order valence-electron chi connectivity index (χ2n) is 3.73. The highest BCUT2D eigenvalue weighted by atomic mass is 32.1. The lowest BCUT2D eigenvalue weighted by Gasteiger charge is -2.24. The van der Waals surface area contributed by atoms with Crippen LogP contribution < -0.4 is 10.2 Å². The number of hydrogen-bond acceptors (Lipinski definition) is 2. The van der Waals surface area contributed by atoms with Crippen molar-refractivity contribution in [1.29, 1.82) is 0 Å². The molecule has 2 nitrogen and oxygen atoms in total. The van der Waals surface area contributed by atoms with Gasteiger partial charge in [0.2, 0.25) is 0 Å². The third-order valence-electron chi connectivity index (χ3n) is 2.70. The Hall–Kier alpha value is -1.09. The van der Waals surface area contributed by atoms with Gasteiger partial charge in [0.1, 0.15) is 0 Å². The Morgan fingerprint density at radius 3 is 2.93 bits per heavy atom. The Morgan fingerprint density at radius 1 is 1.43 bits per heavy atom. The summed E-state index contributed by atoms with van der Waals surface area (Å²) in [7, 11) is 2.11. The fourth-order valence-electron chi connectivity index (χ4n) is 1.73. The van der Waals surface area contributed by atoms with E-state index in [2.05, 4.69) is 42.4 Å². The third-order valence-corrected chi connectivity index (χ3v) is 2.97. The number of nitrogens with zero attached hydrogens (tertiary/aromatic N) is 1. The van der Waals surface area contributed by atoms with Gasteiger partial charge in [-0.25, -0.2) is 0 Å². The van der Waals surface area contributed by atoms with Crippen molar-refractivity contribution < 1.29 is 0 Å². The maximum absolute atomic E-state index is 5.26. The standard InChI is InChI=1S/C11H14N2S/c1-8-7-11(14)12-9-5-3-4-6-10(9)13(8)2/h3-6,8H,7H2,1-2H3,(H,12,14). The largest absolute Gasteiger partial charge is 0.370 e. The number of benzene rings is 1. The summed E-state index contributed by atoms with van der Waals surface area (Å²) < 4.78 is 0. The van der Waals surface area contributed by atoms with Crippen LogP contribution in [0.25, 0.3) is 0 Å². The van der Waals surface area contributed by atoms with E-state index in [1.165, 1.54) is 5.69 Å². The lowest BCUT2D eigenvalue weighted by molar-refractivity contribution is 0.722. The van der Waals surface area contributed by atoms with Crippen molar-refractivity contribution in [2.24, 2.45) is 0 Å². The van der Waals surface area contributed by atoms with Gasteiger partial charge >= 0.3 is 0 Å². The molecule has 1 aliphatic rings. The van der Waals surface area contributed by atoms with E-state index in [1.54, 1.807) is 0 Å². The van der Waals surface area contributed by atoms with Crippen LogP contribution in [0.5, 0.6) is 0 Å². The van der Waals surface area contributed by atoms with Gasteiger partial charge in [-0.1, -0.05) is 24.4 Å². The quantitative estimate of drug-likeness (QED) is 0.657. The summed E-state index contributed by atoms with van der Waals surface area (Å²) in [6.45, 7) is 2.19. The fraction of sp³-hybridized carbons (Fsp3) is 0.364. The molecular weight excluding hydrogens is 192 g/mol. The molecule has 0 aromatic heterocycles. The molecule has 1 atom stereocenters. The Labute approximate surface area is 89.9 Å². The number of nitrogens with one attached hydrogen (secondary N) is 1. The summed E-state index contributed by atoms with van der Waals surface area (Å²) in [6, 6.07) is 8.72. The molecule has 1 aromatic rings. The van der Waals surface area contributed by atoms with Crippen LogP contribution in [0, 0.1) is 0 Å². The van der Waals surface area contributed by atoms with Crippen molar-refractivity contribution in [2.45, 2.75) is 19.4 Å². The van der Waals surface area contributed by atoms with Crippen molar-refractivity contribution in [3.05, 3.63) is 24.3 Å². The van der Waals surface area contributed by atoms with Crippen LogP contribution >= 0.6 is 12.2 Å². The zero-order chi connectivity index (χ0) is 10.1. The second-order valence-corrected chi connectivity index (χ2v) is 4.22. The highest BCUT2D eigenvalue weighted by Crippen LogP contribution is 2.29. The molecule has 1 aromatic carbocycles. The van der Waals surface area contributed by atoms with Crippen LogP contribution in [0.4, 0.5) is 11.4 Å². The monoisotopic (exact) mass is 206 g/mol. The first-order valence-corrected chi connectivity index (χ1v) is 5.21. The maximum atomic E-state index is 5.26. The van der Waals surface area contributed by atoms with E-state index in [0.717, 1.165) is 17.1 Å². The molecule has 14 heavy (non-hydrogen) atoms. The number of hydrogen-bond donors (Lipinski definition) is 1. The Balaban J connectivity index is 2.46. The molecule has 3 heteroatoms. The summed E-state index contributed by atoms with van der Waals surface area (Å²) in [5.41, 5.74) is 2.34. The topological polar surface area (TPSA) is 15.3 Å². The summed E-state index contributed by atoms with van der Waals surface area (Å²) in [5, 5.41) is 3.27. The smallest absolute Gasteiger partial charge is 0.0818 e. The molecule has 1 N–H and O–H groups in total. The first-order valence-electron chi connectivity index (χ1n) is 4.80. The molecule has 0 bridgehead atoms. The first kappa shape index (κ1) is 9.46. The molecule has 2 rings (SSSR count). The summed E-state index contributed by atoms with van der Waals surface area (Å²) in [4.78, 5) is 3.19. The predicted octanol–water partition coefficient (Wildman–Crippen LogP) is 2.65. The molecule has 0 saturated carbocycles. The number of thiocarbonyl (C=S) groups is 1. The van der Waals surface area contributed by atoms with Crippen LogP contribution in [0.1, 0.15) is 13.3 Å². The highest BCUT2D eigenvalue weighted by molar-refractivity contribution is 7.80. The van der Waals surface area contributed by atoms with Crippen LogP contribution in [0.2, 0.25) is 0 Å². The van der Waals surface area contributed by atoms with Gasteiger partial charge in [0.15, 0.2) is 0 Å². The lowest BCUT2D eigenvalue weighted by Crippen LogP contribution is -2.28. The third kappa shape index (κ3) is 1.60. The maximum Gasteiger partial charge on any atom is 0.0818 e. The molecule has 0 spiro atoms. The van der Waals surface area contributed by atoms with Gasteiger partial charge < -0.3 is 10.2 Å². The molecule has 1 heterocycles. The summed E-state index contributed by atoms with van der Waals surface area (Å²) >= 11 is 5.26. The lowest BCUT2D eigenvalue weighted by atomic mass is 10.2. The van der Waals surface area contributed by atoms with Crippen molar-refractivity contribution in [3.8, 4) is 0 Å². The van der Waals surface area contributed by atoms with E-state index < -0.39 is 0 Å². The van der Waals surface area contributed by atoms with Crippen molar-refractivity contribution in [1.82, 2.24) is 0 Å². The Kier molecular flexibility index (Phi) is 2.42. The van der Waals surface area contributed by atoms with E-state index in [1.807, 2.05) is 6.07 Å². The van der Waals surface area contributed by atoms with Crippen molar-refractivity contribution in [3.63, 3.8) is 0 Å². The van der Waals surface area contributed by atoms with Gasteiger partial charge in [-0.15, -0.1) is 0 Å². The molecule has 0 fully saturated rings. The zero-order valence-electron chi connectivity index (χ0n) is 8.45. The minimum absolute atomic E-state index is 0.457. The van der Waals surface area contributed by atoms with Crippen molar-refractivity contribution >= 4 is 28.6 Å². The molecular formula is C11H14N2S. The van der Waals surface area contributed by atoms with Gasteiger partial charge in [-0.05, 0) is 19.1 Å². The molecule has 1 aliphatic heterocycles. The SMILES string of the molecule is CC1CC(=S)Nc2ccccc2N1C. The minimum Gasteiger partial charge on any atom is -0.370 e. The number of rotatable bonds is 0. The summed E-state index contributed by atoms with van der Waals surface area (Å²) in [5.74, 6) is 0. The van der Waals surface area contributed by atoms with Gasteiger partial charge in [-0.2, -0.15) is 0 Å². The average Bonchev–Trinajstić information content (AvgIpc) is 2.26. The van der Waals surface area contributed by atoms with Crippen LogP contribution in [0.3, 0.4) is 0 Å². The molecule has 1 unspecified atom stereocenters. The minimum atomic E-state index is 0.457. The average molecular weight is 206 g/mol. The van der Waals surface area contributed by atoms with Gasteiger partial charge in [0.05, 0.1) is 16.4 Å². The number of para-hydroxylation sites is 2. The Bertz CT molecular complexity index is 362. The van der Waals surface area contributed by atoms with E-state index in [-0.39, 0.29) is 0 Å². The van der Waals surface area contributed by atoms with E-state index >= 15 is 0 Å². The highest BCUT2D eigenvalue weighted by Gasteiger charge is 2.19. The van der Waals surface area contributed by atoms with Gasteiger partial charge in [-0.3, -0.25) is 0 Å².